The van der Waals surface area contributed by atoms with E-state index in [1.807, 2.05) is 30.3 Å². The molecule has 0 aliphatic rings. The SMILES string of the molecule is Cn1c(C(=O)O)cc2cc(-c3ccc(O)cc3)ccc21. The van der Waals surface area contributed by atoms with E-state index in [1.54, 1.807) is 29.8 Å². The van der Waals surface area contributed by atoms with Crippen LogP contribution in [0.25, 0.3) is 22.0 Å². The Kier molecular flexibility index (Phi) is 2.71. The average molecular weight is 267 g/mol. The van der Waals surface area contributed by atoms with E-state index < -0.39 is 5.97 Å². The third kappa shape index (κ3) is 1.91. The van der Waals surface area contributed by atoms with Crippen LogP contribution in [0.2, 0.25) is 0 Å². The van der Waals surface area contributed by atoms with Crippen molar-refractivity contribution in [1.29, 1.82) is 0 Å². The summed E-state index contributed by atoms with van der Waals surface area (Å²) in [5.74, 6) is -0.711. The Morgan fingerprint density at radius 3 is 2.30 bits per heavy atom. The Hall–Kier alpha value is -2.75. The summed E-state index contributed by atoms with van der Waals surface area (Å²) in [6.45, 7) is 0. The largest absolute Gasteiger partial charge is 0.508 e. The van der Waals surface area contributed by atoms with Crippen molar-refractivity contribution in [1.82, 2.24) is 4.57 Å². The van der Waals surface area contributed by atoms with Crippen LogP contribution in [-0.4, -0.2) is 20.7 Å². The molecule has 0 amide bonds. The lowest BCUT2D eigenvalue weighted by Crippen LogP contribution is -2.03. The predicted molar refractivity (Wildman–Crippen MR) is 77.0 cm³/mol. The maximum Gasteiger partial charge on any atom is 0.352 e. The maximum atomic E-state index is 11.1. The zero-order valence-corrected chi connectivity index (χ0v) is 10.9. The van der Waals surface area contributed by atoms with E-state index in [1.165, 1.54) is 0 Å². The maximum absolute atomic E-state index is 11.1. The standard InChI is InChI=1S/C16H13NO3/c1-17-14-7-4-11(10-2-5-13(18)6-3-10)8-12(14)9-15(17)16(19)20/h2-9,18H,1H3,(H,19,20). The molecule has 1 heterocycles. The second-order valence-corrected chi connectivity index (χ2v) is 4.71. The molecule has 4 nitrogen and oxygen atoms in total. The fourth-order valence-electron chi connectivity index (χ4n) is 2.39. The summed E-state index contributed by atoms with van der Waals surface area (Å²) in [7, 11) is 1.74. The average Bonchev–Trinajstić information content (AvgIpc) is 2.77. The number of nitrogens with zero attached hydrogens (tertiary/aromatic N) is 1. The molecule has 0 aliphatic carbocycles. The first-order valence-corrected chi connectivity index (χ1v) is 6.18. The number of carbonyl (C=O) groups is 1. The first-order chi connectivity index (χ1) is 9.56. The van der Waals surface area contributed by atoms with Gasteiger partial charge in [-0.3, -0.25) is 0 Å². The number of hydrogen-bond acceptors (Lipinski definition) is 2. The van der Waals surface area contributed by atoms with Gasteiger partial charge < -0.3 is 14.8 Å². The van der Waals surface area contributed by atoms with Gasteiger partial charge in [-0.25, -0.2) is 4.79 Å². The van der Waals surface area contributed by atoms with Gasteiger partial charge in [-0.1, -0.05) is 18.2 Å². The highest BCUT2D eigenvalue weighted by Crippen LogP contribution is 2.27. The van der Waals surface area contributed by atoms with E-state index >= 15 is 0 Å². The number of carboxylic acid groups (broad SMARTS) is 1. The third-order valence-electron chi connectivity index (χ3n) is 3.46. The molecule has 3 aromatic rings. The van der Waals surface area contributed by atoms with E-state index in [-0.39, 0.29) is 11.4 Å². The molecule has 2 aromatic carbocycles. The van der Waals surface area contributed by atoms with Crippen LogP contribution in [0.1, 0.15) is 10.5 Å². The minimum Gasteiger partial charge on any atom is -0.508 e. The number of phenolic OH excluding ortho intramolecular Hbond substituents is 1. The van der Waals surface area contributed by atoms with Crippen LogP contribution in [0.3, 0.4) is 0 Å². The van der Waals surface area contributed by atoms with E-state index in [0.29, 0.717) is 0 Å². The lowest BCUT2D eigenvalue weighted by molar-refractivity contribution is 0.0687. The number of benzene rings is 2. The molecule has 0 fully saturated rings. The van der Waals surface area contributed by atoms with Crippen molar-refractivity contribution in [2.75, 3.05) is 0 Å². The van der Waals surface area contributed by atoms with Crippen LogP contribution >= 0.6 is 0 Å². The first kappa shape index (κ1) is 12.3. The van der Waals surface area contributed by atoms with Crippen molar-refractivity contribution in [3.05, 3.63) is 54.2 Å². The van der Waals surface area contributed by atoms with Crippen molar-refractivity contribution in [3.63, 3.8) is 0 Å². The van der Waals surface area contributed by atoms with Gasteiger partial charge in [0.15, 0.2) is 0 Å². The van der Waals surface area contributed by atoms with Gasteiger partial charge in [0.05, 0.1) is 0 Å². The highest BCUT2D eigenvalue weighted by Gasteiger charge is 2.12. The first-order valence-electron chi connectivity index (χ1n) is 6.18. The summed E-state index contributed by atoms with van der Waals surface area (Å²) in [4.78, 5) is 11.1. The molecule has 0 atom stereocenters. The van der Waals surface area contributed by atoms with Gasteiger partial charge in [0.2, 0.25) is 0 Å². The van der Waals surface area contributed by atoms with Crippen LogP contribution in [0.5, 0.6) is 5.75 Å². The van der Waals surface area contributed by atoms with Crippen LogP contribution in [-0.2, 0) is 7.05 Å². The number of fused-ring (bicyclic) bond motifs is 1. The number of rotatable bonds is 2. The summed E-state index contributed by atoms with van der Waals surface area (Å²) < 4.78 is 1.66. The van der Waals surface area contributed by atoms with E-state index in [4.69, 9.17) is 5.11 Å². The Balaban J connectivity index is 2.15. The van der Waals surface area contributed by atoms with E-state index in [9.17, 15) is 9.90 Å². The lowest BCUT2D eigenvalue weighted by atomic mass is 10.0. The molecule has 0 saturated heterocycles. The normalized spacial score (nSPS) is 10.8. The molecule has 0 aliphatic heterocycles. The molecule has 0 unspecified atom stereocenters. The van der Waals surface area contributed by atoms with Crippen LogP contribution in [0, 0.1) is 0 Å². The molecule has 0 spiro atoms. The molecule has 20 heavy (non-hydrogen) atoms. The Morgan fingerprint density at radius 1 is 1.00 bits per heavy atom. The van der Waals surface area contributed by atoms with Gasteiger partial charge in [-0.05, 0) is 41.5 Å². The molecule has 4 heteroatoms. The van der Waals surface area contributed by atoms with E-state index in [2.05, 4.69) is 0 Å². The molecule has 100 valence electrons. The van der Waals surface area contributed by atoms with E-state index in [0.717, 1.165) is 22.0 Å². The van der Waals surface area contributed by atoms with Gasteiger partial charge in [0.1, 0.15) is 11.4 Å². The summed E-state index contributed by atoms with van der Waals surface area (Å²) >= 11 is 0. The summed E-state index contributed by atoms with van der Waals surface area (Å²) in [5.41, 5.74) is 3.11. The van der Waals surface area contributed by atoms with Crippen molar-refractivity contribution >= 4 is 16.9 Å². The number of aromatic nitrogens is 1. The summed E-state index contributed by atoms with van der Waals surface area (Å²) in [6, 6.07) is 14.4. The fourth-order valence-corrected chi connectivity index (χ4v) is 2.39. The lowest BCUT2D eigenvalue weighted by Gasteiger charge is -2.03. The smallest absolute Gasteiger partial charge is 0.352 e. The zero-order valence-electron chi connectivity index (χ0n) is 10.9. The van der Waals surface area contributed by atoms with Gasteiger partial charge in [0, 0.05) is 18.0 Å². The minimum atomic E-state index is -0.935. The highest BCUT2D eigenvalue weighted by molar-refractivity contribution is 5.96. The number of carboxylic acids is 1. The number of phenols is 1. The van der Waals surface area contributed by atoms with Crippen LogP contribution in [0.15, 0.2) is 48.5 Å². The molecule has 2 N–H and O–H groups in total. The Bertz CT molecular complexity index is 800. The Morgan fingerprint density at radius 2 is 1.65 bits per heavy atom. The van der Waals surface area contributed by atoms with Gasteiger partial charge in [0.25, 0.3) is 0 Å². The van der Waals surface area contributed by atoms with Crippen molar-refractivity contribution < 1.29 is 15.0 Å². The third-order valence-corrected chi connectivity index (χ3v) is 3.46. The molecule has 1 aromatic heterocycles. The zero-order chi connectivity index (χ0) is 14.3. The van der Waals surface area contributed by atoms with Gasteiger partial charge >= 0.3 is 5.97 Å². The minimum absolute atomic E-state index is 0.225. The van der Waals surface area contributed by atoms with Crippen LogP contribution < -0.4 is 0 Å². The number of aromatic hydroxyl groups is 1. The molecule has 0 saturated carbocycles. The molecule has 0 radical (unpaired) electrons. The topological polar surface area (TPSA) is 62.5 Å². The van der Waals surface area contributed by atoms with Crippen molar-refractivity contribution in [2.24, 2.45) is 7.05 Å². The molecule has 3 rings (SSSR count). The Labute approximate surface area is 115 Å². The van der Waals surface area contributed by atoms with Crippen LogP contribution in [0.4, 0.5) is 0 Å². The molecule has 0 bridgehead atoms. The fraction of sp³-hybridized carbons (Fsp3) is 0.0625. The number of aryl methyl sites for hydroxylation is 1. The van der Waals surface area contributed by atoms with Gasteiger partial charge in [-0.2, -0.15) is 0 Å². The number of hydrogen-bond donors (Lipinski definition) is 2. The summed E-state index contributed by atoms with van der Waals surface area (Å²) in [5, 5.41) is 19.3. The van der Waals surface area contributed by atoms with Crippen molar-refractivity contribution in [3.8, 4) is 16.9 Å². The predicted octanol–water partition coefficient (Wildman–Crippen LogP) is 3.25. The molecular formula is C16H13NO3. The number of aromatic carboxylic acids is 1. The second kappa shape index (κ2) is 4.42. The summed E-state index contributed by atoms with van der Waals surface area (Å²) in [6.07, 6.45) is 0. The monoisotopic (exact) mass is 267 g/mol. The molecular weight excluding hydrogens is 254 g/mol. The quantitative estimate of drug-likeness (QED) is 0.749. The van der Waals surface area contributed by atoms with Crippen molar-refractivity contribution in [2.45, 2.75) is 0 Å². The highest BCUT2D eigenvalue weighted by atomic mass is 16.4. The second-order valence-electron chi connectivity index (χ2n) is 4.71. The van der Waals surface area contributed by atoms with Gasteiger partial charge in [-0.15, -0.1) is 0 Å².